The number of rotatable bonds is 4. The highest BCUT2D eigenvalue weighted by atomic mass is 19.1. The number of benzene rings is 1. The van der Waals surface area contributed by atoms with Crippen molar-refractivity contribution < 1.29 is 13.6 Å². The number of hydrogen-bond acceptors (Lipinski definition) is 2. The Morgan fingerprint density at radius 2 is 2.05 bits per heavy atom. The molecule has 1 N–H and O–H groups in total. The maximum Gasteiger partial charge on any atom is 0.257 e. The molecule has 1 heterocycles. The highest BCUT2D eigenvalue weighted by molar-refractivity contribution is 5.95. The largest absolute Gasteiger partial charge is 0.334 e. The number of piperidine rings is 1. The fourth-order valence-corrected chi connectivity index (χ4v) is 2.92. The molecule has 3 nitrogen and oxygen atoms in total. The standard InChI is InChI=1S/C16H20F2N2O/c17-11-4-7-15(18)14(9-11)16(21)20(13-5-6-13)10-12-3-1-2-8-19-12/h4,7,9,12-13,19H,1-3,5-6,8,10H2. The van der Waals surface area contributed by atoms with Crippen LogP contribution in [0.3, 0.4) is 0 Å². The Kier molecular flexibility index (Phi) is 4.19. The Morgan fingerprint density at radius 1 is 1.24 bits per heavy atom. The summed E-state index contributed by atoms with van der Waals surface area (Å²) in [6.45, 7) is 1.55. The SMILES string of the molecule is O=C(c1cc(F)ccc1F)N(CC1CCCCN1)C1CC1. The Morgan fingerprint density at radius 3 is 2.71 bits per heavy atom. The molecule has 3 rings (SSSR count). The van der Waals surface area contributed by atoms with Gasteiger partial charge in [0.2, 0.25) is 0 Å². The molecule has 2 fully saturated rings. The molecule has 1 atom stereocenters. The van der Waals surface area contributed by atoms with Gasteiger partial charge in [-0.2, -0.15) is 0 Å². The van der Waals surface area contributed by atoms with Crippen molar-refractivity contribution >= 4 is 5.91 Å². The monoisotopic (exact) mass is 294 g/mol. The van der Waals surface area contributed by atoms with Crippen LogP contribution in [0.4, 0.5) is 8.78 Å². The van der Waals surface area contributed by atoms with E-state index in [1.54, 1.807) is 4.90 Å². The summed E-state index contributed by atoms with van der Waals surface area (Å²) in [7, 11) is 0. The first-order valence-electron chi connectivity index (χ1n) is 7.64. The molecule has 2 aliphatic rings. The highest BCUT2D eigenvalue weighted by Crippen LogP contribution is 2.29. The van der Waals surface area contributed by atoms with E-state index in [0.717, 1.165) is 56.8 Å². The molecule has 114 valence electrons. The molecule has 1 unspecified atom stereocenters. The third kappa shape index (κ3) is 3.40. The van der Waals surface area contributed by atoms with Crippen LogP contribution in [-0.2, 0) is 0 Å². The van der Waals surface area contributed by atoms with Crippen molar-refractivity contribution in [2.75, 3.05) is 13.1 Å². The molecule has 0 spiro atoms. The van der Waals surface area contributed by atoms with Crippen LogP contribution in [-0.4, -0.2) is 36.0 Å². The maximum absolute atomic E-state index is 13.8. The zero-order valence-corrected chi connectivity index (χ0v) is 11.9. The van der Waals surface area contributed by atoms with Crippen molar-refractivity contribution in [2.24, 2.45) is 0 Å². The molecule has 1 aromatic carbocycles. The van der Waals surface area contributed by atoms with Crippen LogP contribution in [0.15, 0.2) is 18.2 Å². The molecule has 0 aromatic heterocycles. The molecule has 21 heavy (non-hydrogen) atoms. The minimum Gasteiger partial charge on any atom is -0.334 e. The zero-order valence-electron chi connectivity index (χ0n) is 11.9. The summed E-state index contributed by atoms with van der Waals surface area (Å²) in [5, 5.41) is 3.40. The average molecular weight is 294 g/mol. The van der Waals surface area contributed by atoms with E-state index in [-0.39, 0.29) is 23.6 Å². The van der Waals surface area contributed by atoms with Crippen molar-refractivity contribution in [1.82, 2.24) is 10.2 Å². The van der Waals surface area contributed by atoms with E-state index in [9.17, 15) is 13.6 Å². The minimum atomic E-state index is -0.649. The third-order valence-corrected chi connectivity index (χ3v) is 4.24. The molecule has 0 bridgehead atoms. The quantitative estimate of drug-likeness (QED) is 0.926. The molecule has 1 aliphatic heterocycles. The Balaban J connectivity index is 1.76. The summed E-state index contributed by atoms with van der Waals surface area (Å²) in [6, 6.07) is 3.51. The van der Waals surface area contributed by atoms with Crippen molar-refractivity contribution in [3.8, 4) is 0 Å². The molecule has 0 radical (unpaired) electrons. The van der Waals surface area contributed by atoms with Crippen LogP contribution >= 0.6 is 0 Å². The van der Waals surface area contributed by atoms with Gasteiger partial charge in [-0.1, -0.05) is 6.42 Å². The highest BCUT2D eigenvalue weighted by Gasteiger charge is 2.35. The van der Waals surface area contributed by atoms with E-state index in [2.05, 4.69) is 5.32 Å². The number of hydrogen-bond donors (Lipinski definition) is 1. The van der Waals surface area contributed by atoms with Crippen LogP contribution in [0, 0.1) is 11.6 Å². The van der Waals surface area contributed by atoms with Gasteiger partial charge in [-0.25, -0.2) is 8.78 Å². The van der Waals surface area contributed by atoms with Gasteiger partial charge >= 0.3 is 0 Å². The van der Waals surface area contributed by atoms with E-state index in [4.69, 9.17) is 0 Å². The van der Waals surface area contributed by atoms with E-state index in [0.29, 0.717) is 6.54 Å². The zero-order chi connectivity index (χ0) is 14.8. The molecule has 1 aromatic rings. The molecule has 1 amide bonds. The second kappa shape index (κ2) is 6.10. The predicted octanol–water partition coefficient (Wildman–Crippen LogP) is 2.71. The van der Waals surface area contributed by atoms with Gasteiger partial charge < -0.3 is 10.2 Å². The van der Waals surface area contributed by atoms with Gasteiger partial charge in [0, 0.05) is 18.6 Å². The topological polar surface area (TPSA) is 32.3 Å². The minimum absolute atomic E-state index is 0.155. The summed E-state index contributed by atoms with van der Waals surface area (Å²) in [6.07, 6.45) is 5.25. The fourth-order valence-electron chi connectivity index (χ4n) is 2.92. The van der Waals surface area contributed by atoms with Crippen LogP contribution in [0.1, 0.15) is 42.5 Å². The Hall–Kier alpha value is -1.49. The van der Waals surface area contributed by atoms with Crippen molar-refractivity contribution in [3.05, 3.63) is 35.4 Å². The van der Waals surface area contributed by atoms with Crippen LogP contribution in [0.2, 0.25) is 0 Å². The van der Waals surface area contributed by atoms with Crippen molar-refractivity contribution in [2.45, 2.75) is 44.2 Å². The van der Waals surface area contributed by atoms with Gasteiger partial charge in [0.25, 0.3) is 5.91 Å². The van der Waals surface area contributed by atoms with Gasteiger partial charge in [0.05, 0.1) is 5.56 Å². The second-order valence-corrected chi connectivity index (χ2v) is 5.96. The van der Waals surface area contributed by atoms with Gasteiger partial charge in [0.15, 0.2) is 0 Å². The Bertz CT molecular complexity index is 525. The molecule has 1 aliphatic carbocycles. The number of nitrogens with one attached hydrogen (secondary N) is 1. The van der Waals surface area contributed by atoms with Gasteiger partial charge in [-0.3, -0.25) is 4.79 Å². The predicted molar refractivity (Wildman–Crippen MR) is 76.1 cm³/mol. The van der Waals surface area contributed by atoms with Crippen molar-refractivity contribution in [1.29, 1.82) is 0 Å². The molecular formula is C16H20F2N2O. The first-order valence-corrected chi connectivity index (χ1v) is 7.64. The lowest BCUT2D eigenvalue weighted by Gasteiger charge is -2.31. The lowest BCUT2D eigenvalue weighted by Crippen LogP contribution is -2.46. The first kappa shape index (κ1) is 14.4. The van der Waals surface area contributed by atoms with Crippen LogP contribution in [0.25, 0.3) is 0 Å². The molecule has 1 saturated heterocycles. The molecule has 1 saturated carbocycles. The van der Waals surface area contributed by atoms with Crippen LogP contribution in [0.5, 0.6) is 0 Å². The van der Waals surface area contributed by atoms with E-state index >= 15 is 0 Å². The number of carbonyl (C=O) groups is 1. The summed E-state index contributed by atoms with van der Waals surface area (Å²) in [4.78, 5) is 14.3. The number of halogens is 2. The van der Waals surface area contributed by atoms with Crippen molar-refractivity contribution in [3.63, 3.8) is 0 Å². The summed E-state index contributed by atoms with van der Waals surface area (Å²) >= 11 is 0. The smallest absolute Gasteiger partial charge is 0.257 e. The maximum atomic E-state index is 13.8. The van der Waals surface area contributed by atoms with E-state index in [1.165, 1.54) is 0 Å². The third-order valence-electron chi connectivity index (χ3n) is 4.24. The van der Waals surface area contributed by atoms with E-state index in [1.807, 2.05) is 0 Å². The summed E-state index contributed by atoms with van der Waals surface area (Å²) in [5.74, 6) is -1.61. The summed E-state index contributed by atoms with van der Waals surface area (Å²) in [5.41, 5.74) is -0.155. The number of nitrogens with zero attached hydrogens (tertiary/aromatic N) is 1. The normalized spacial score (nSPS) is 22.1. The Labute approximate surface area is 123 Å². The van der Waals surface area contributed by atoms with Gasteiger partial charge in [0.1, 0.15) is 11.6 Å². The fraction of sp³-hybridized carbons (Fsp3) is 0.562. The molecular weight excluding hydrogens is 274 g/mol. The van der Waals surface area contributed by atoms with Crippen LogP contribution < -0.4 is 5.32 Å². The average Bonchev–Trinajstić information content (AvgIpc) is 3.32. The summed E-state index contributed by atoms with van der Waals surface area (Å²) < 4.78 is 27.1. The van der Waals surface area contributed by atoms with Gasteiger partial charge in [-0.15, -0.1) is 0 Å². The first-order chi connectivity index (χ1) is 10.1. The lowest BCUT2D eigenvalue weighted by molar-refractivity contribution is 0.0712. The number of amides is 1. The molecule has 5 heteroatoms. The van der Waals surface area contributed by atoms with E-state index < -0.39 is 11.6 Å². The lowest BCUT2D eigenvalue weighted by atomic mass is 10.0. The van der Waals surface area contributed by atoms with Gasteiger partial charge in [-0.05, 0) is 50.4 Å². The second-order valence-electron chi connectivity index (χ2n) is 5.96. The number of carbonyl (C=O) groups excluding carboxylic acids is 1.